The summed E-state index contributed by atoms with van der Waals surface area (Å²) in [5.74, 6) is -0.0206. The monoisotopic (exact) mass is 495 g/mol. The first kappa shape index (κ1) is 23.7. The third-order valence-corrected chi connectivity index (χ3v) is 8.22. The lowest BCUT2D eigenvalue weighted by molar-refractivity contribution is -0.115. The third-order valence-electron chi connectivity index (χ3n) is 6.60. The fourth-order valence-electron chi connectivity index (χ4n) is 4.54. The number of unbranched alkanes of at least 4 members (excludes halogenated alkanes) is 2. The van der Waals surface area contributed by atoms with Crippen molar-refractivity contribution in [2.75, 3.05) is 5.32 Å². The summed E-state index contributed by atoms with van der Waals surface area (Å²) >= 11 is 1.70. The van der Waals surface area contributed by atoms with E-state index < -0.39 is 0 Å². The molecule has 4 heteroatoms. The van der Waals surface area contributed by atoms with E-state index in [1.807, 2.05) is 30.3 Å². The fourth-order valence-corrected chi connectivity index (χ4v) is 6.07. The third kappa shape index (κ3) is 5.32. The van der Waals surface area contributed by atoms with Gasteiger partial charge in [0.1, 0.15) is 0 Å². The lowest BCUT2D eigenvalue weighted by Gasteiger charge is -2.13. The van der Waals surface area contributed by atoms with E-state index in [0.717, 1.165) is 28.4 Å². The van der Waals surface area contributed by atoms with Gasteiger partial charge in [-0.25, -0.2) is 0 Å². The first-order chi connectivity index (χ1) is 17.1. The second-order valence-electron chi connectivity index (χ2n) is 9.08. The Balaban J connectivity index is 1.32. The van der Waals surface area contributed by atoms with Crippen LogP contribution in [0.3, 0.4) is 0 Å². The smallest absolute Gasteiger partial charge is 0.235 e. The second-order valence-corrected chi connectivity index (χ2v) is 10.7. The average Bonchev–Trinajstić information content (AvgIpc) is 3.32. The van der Waals surface area contributed by atoms with Gasteiger partial charge in [-0.1, -0.05) is 86.5 Å². The van der Waals surface area contributed by atoms with E-state index in [9.17, 15) is 4.79 Å². The van der Waals surface area contributed by atoms with Gasteiger partial charge in [0, 0.05) is 10.4 Å². The zero-order chi connectivity index (χ0) is 24.2. The minimum absolute atomic E-state index is 0.0206. The number of aryl methyl sites for hydroxylation is 1. The molecule has 0 spiro atoms. The number of thiophene rings is 1. The molecule has 1 N–H and O–H groups in total. The van der Waals surface area contributed by atoms with Crippen molar-refractivity contribution in [3.63, 3.8) is 0 Å². The topological polar surface area (TPSA) is 29.1 Å². The fraction of sp³-hybridized carbons (Fsp3) is 0.194. The van der Waals surface area contributed by atoms with E-state index in [2.05, 4.69) is 81.5 Å². The van der Waals surface area contributed by atoms with E-state index in [4.69, 9.17) is 0 Å². The van der Waals surface area contributed by atoms with Crippen LogP contribution in [0.2, 0.25) is 0 Å². The SMILES string of the molecule is CCCCCc1ccc(-c2ccc3c(C(P)C(=O)Nc4ccc5ccccc5c4)csc3c2)cc1. The number of hydrogen-bond acceptors (Lipinski definition) is 2. The molecule has 4 aromatic carbocycles. The molecule has 5 aromatic rings. The summed E-state index contributed by atoms with van der Waals surface area (Å²) in [5, 5.41) is 8.63. The Morgan fingerprint density at radius 2 is 1.66 bits per heavy atom. The maximum absolute atomic E-state index is 13.1. The zero-order valence-electron chi connectivity index (χ0n) is 20.0. The molecule has 1 heterocycles. The first-order valence-electron chi connectivity index (χ1n) is 12.3. The van der Waals surface area contributed by atoms with Crippen LogP contribution in [0.15, 0.2) is 90.3 Å². The van der Waals surface area contributed by atoms with Crippen LogP contribution in [0.1, 0.15) is 43.0 Å². The molecule has 0 saturated heterocycles. The van der Waals surface area contributed by atoms with Crippen molar-refractivity contribution >= 4 is 53.0 Å². The van der Waals surface area contributed by atoms with Gasteiger partial charge in [0.25, 0.3) is 0 Å². The van der Waals surface area contributed by atoms with Crippen molar-refractivity contribution < 1.29 is 4.79 Å². The molecular weight excluding hydrogens is 465 g/mol. The molecule has 35 heavy (non-hydrogen) atoms. The first-order valence-corrected chi connectivity index (χ1v) is 13.8. The molecule has 2 atom stereocenters. The number of fused-ring (bicyclic) bond motifs is 2. The van der Waals surface area contributed by atoms with Gasteiger partial charge < -0.3 is 5.32 Å². The van der Waals surface area contributed by atoms with Gasteiger partial charge in [-0.15, -0.1) is 20.6 Å². The highest BCUT2D eigenvalue weighted by Crippen LogP contribution is 2.37. The maximum Gasteiger partial charge on any atom is 0.235 e. The van der Waals surface area contributed by atoms with Gasteiger partial charge in [-0.3, -0.25) is 4.79 Å². The van der Waals surface area contributed by atoms with Gasteiger partial charge >= 0.3 is 0 Å². The predicted molar refractivity (Wildman–Crippen MR) is 156 cm³/mol. The van der Waals surface area contributed by atoms with Crippen molar-refractivity contribution in [2.24, 2.45) is 0 Å². The highest BCUT2D eigenvalue weighted by atomic mass is 32.1. The van der Waals surface area contributed by atoms with Gasteiger partial charge in [0.15, 0.2) is 0 Å². The Bertz CT molecular complexity index is 1470. The molecule has 1 amide bonds. The number of anilines is 1. The molecule has 0 aliphatic carbocycles. The quantitative estimate of drug-likeness (QED) is 0.169. The molecule has 176 valence electrons. The summed E-state index contributed by atoms with van der Waals surface area (Å²) in [6, 6.07) is 29.7. The molecule has 0 aliphatic heterocycles. The highest BCUT2D eigenvalue weighted by Gasteiger charge is 2.20. The molecule has 0 radical (unpaired) electrons. The number of benzene rings is 4. The minimum atomic E-state index is -0.316. The van der Waals surface area contributed by atoms with E-state index in [1.54, 1.807) is 11.3 Å². The van der Waals surface area contributed by atoms with Crippen LogP contribution in [-0.4, -0.2) is 5.91 Å². The average molecular weight is 496 g/mol. The molecule has 0 fully saturated rings. The second kappa shape index (κ2) is 10.7. The van der Waals surface area contributed by atoms with Gasteiger partial charge in [0.05, 0.1) is 5.66 Å². The van der Waals surface area contributed by atoms with E-state index in [0.29, 0.717) is 0 Å². The molecule has 2 nitrogen and oxygen atoms in total. The number of rotatable bonds is 8. The maximum atomic E-state index is 13.1. The van der Waals surface area contributed by atoms with Crippen LogP contribution < -0.4 is 5.32 Å². The summed E-state index contributed by atoms with van der Waals surface area (Å²) < 4.78 is 1.20. The number of hydrogen-bond donors (Lipinski definition) is 1. The van der Waals surface area contributed by atoms with Crippen molar-refractivity contribution in [3.8, 4) is 11.1 Å². The number of carbonyl (C=O) groups is 1. The van der Waals surface area contributed by atoms with E-state index >= 15 is 0 Å². The normalized spacial score (nSPS) is 12.2. The van der Waals surface area contributed by atoms with Crippen LogP contribution in [-0.2, 0) is 11.2 Å². The summed E-state index contributed by atoms with van der Waals surface area (Å²) in [5.41, 5.74) is 5.41. The molecule has 1 aromatic heterocycles. The van der Waals surface area contributed by atoms with Crippen LogP contribution in [0.5, 0.6) is 0 Å². The van der Waals surface area contributed by atoms with Crippen LogP contribution in [0.4, 0.5) is 5.69 Å². The van der Waals surface area contributed by atoms with Crippen LogP contribution in [0, 0.1) is 0 Å². The van der Waals surface area contributed by atoms with Crippen molar-refractivity contribution in [3.05, 3.63) is 101 Å². The standard InChI is InChI=1S/C31H30NOPS/c1-2-3-4-7-21-10-12-23(13-11-21)25-15-17-27-28(20-35-29(27)19-25)30(34)31(33)32-26-16-14-22-8-5-6-9-24(22)18-26/h5-6,8-20,30H,2-4,7,34H2,1H3,(H,32,33). The largest absolute Gasteiger partial charge is 0.325 e. The highest BCUT2D eigenvalue weighted by molar-refractivity contribution is 7.20. The Hall–Kier alpha value is -3.00. The molecule has 0 saturated carbocycles. The molecule has 0 bridgehead atoms. The summed E-state index contributed by atoms with van der Waals surface area (Å²) in [7, 11) is 2.73. The Labute approximate surface area is 213 Å². The van der Waals surface area contributed by atoms with Gasteiger partial charge in [-0.05, 0) is 74.8 Å². The molecule has 5 rings (SSSR count). The van der Waals surface area contributed by atoms with Crippen LogP contribution in [0.25, 0.3) is 32.0 Å². The zero-order valence-corrected chi connectivity index (χ0v) is 21.9. The van der Waals surface area contributed by atoms with Crippen LogP contribution >= 0.6 is 20.6 Å². The number of carbonyl (C=O) groups excluding carboxylic acids is 1. The number of amides is 1. The van der Waals surface area contributed by atoms with Gasteiger partial charge in [-0.2, -0.15) is 0 Å². The lowest BCUT2D eigenvalue weighted by atomic mass is 10.00. The number of nitrogens with one attached hydrogen (secondary N) is 1. The molecule has 0 aliphatic rings. The minimum Gasteiger partial charge on any atom is -0.325 e. The van der Waals surface area contributed by atoms with Crippen molar-refractivity contribution in [1.82, 2.24) is 0 Å². The molecule has 2 unspecified atom stereocenters. The Morgan fingerprint density at radius 3 is 2.46 bits per heavy atom. The van der Waals surface area contributed by atoms with E-state index in [1.165, 1.54) is 46.0 Å². The summed E-state index contributed by atoms with van der Waals surface area (Å²) in [6.07, 6.45) is 4.95. The molecular formula is C31H30NOPS. The predicted octanol–water partition coefficient (Wildman–Crippen LogP) is 9.01. The van der Waals surface area contributed by atoms with Gasteiger partial charge in [0.2, 0.25) is 5.91 Å². The lowest BCUT2D eigenvalue weighted by Crippen LogP contribution is -2.16. The van der Waals surface area contributed by atoms with Crippen molar-refractivity contribution in [2.45, 2.75) is 38.3 Å². The van der Waals surface area contributed by atoms with E-state index in [-0.39, 0.29) is 11.6 Å². The Kier molecular flexibility index (Phi) is 7.27. The summed E-state index contributed by atoms with van der Waals surface area (Å²) in [4.78, 5) is 13.1. The Morgan fingerprint density at radius 1 is 0.886 bits per heavy atom. The summed E-state index contributed by atoms with van der Waals surface area (Å²) in [6.45, 7) is 2.24. The van der Waals surface area contributed by atoms with Crippen molar-refractivity contribution in [1.29, 1.82) is 0 Å².